The second kappa shape index (κ2) is 9.97. The summed E-state index contributed by atoms with van der Waals surface area (Å²) in [5.74, 6) is -0.00196. The molecule has 1 aliphatic heterocycles. The Kier molecular flexibility index (Phi) is 8.18. The van der Waals surface area contributed by atoms with E-state index in [0.717, 1.165) is 12.8 Å². The minimum absolute atomic E-state index is 0.0434. The smallest absolute Gasteiger partial charge is 0.296 e. The Morgan fingerprint density at radius 2 is 1.85 bits per heavy atom. The van der Waals surface area contributed by atoms with Gasteiger partial charge >= 0.3 is 0 Å². The van der Waals surface area contributed by atoms with Gasteiger partial charge in [0.05, 0.1) is 17.0 Å². The van der Waals surface area contributed by atoms with Crippen LogP contribution in [0.2, 0.25) is 0 Å². The first-order chi connectivity index (χ1) is 15.2. The summed E-state index contributed by atoms with van der Waals surface area (Å²) >= 11 is 0. The van der Waals surface area contributed by atoms with Crippen molar-refractivity contribution in [3.05, 3.63) is 27.8 Å². The molecular weight excluding hydrogens is 422 g/mol. The fourth-order valence-corrected chi connectivity index (χ4v) is 5.16. The number of aliphatic hydroxyl groups is 1. The van der Waals surface area contributed by atoms with Crippen LogP contribution >= 0.6 is 0 Å². The molecule has 0 saturated heterocycles. The number of nitro benzene ring substituents is 1. The maximum atomic E-state index is 12.6. The number of carbonyl (C=O) groups excluding carboxylic acids is 1. The molecule has 0 radical (unpaired) electrons. The molecule has 33 heavy (non-hydrogen) atoms. The summed E-state index contributed by atoms with van der Waals surface area (Å²) < 4.78 is 6.47. The number of benzene rings is 1. The van der Waals surface area contributed by atoms with Crippen molar-refractivity contribution >= 4 is 17.3 Å². The predicted octanol–water partition coefficient (Wildman–Crippen LogP) is 4.98. The Balaban J connectivity index is 2.83. The summed E-state index contributed by atoms with van der Waals surface area (Å²) in [4.78, 5) is 25.6. The summed E-state index contributed by atoms with van der Waals surface area (Å²) in [7, 11) is 0. The summed E-state index contributed by atoms with van der Waals surface area (Å²) in [6.45, 7) is 17.7. The van der Waals surface area contributed by atoms with Crippen LogP contribution in [-0.2, 0) is 4.79 Å². The van der Waals surface area contributed by atoms with Gasteiger partial charge in [-0.2, -0.15) is 0 Å². The number of nitro groups is 1. The molecule has 2 atom stereocenters. The number of unbranched alkanes of at least 4 members (excludes halogenated alkanes) is 1. The van der Waals surface area contributed by atoms with Crippen LogP contribution in [-0.4, -0.2) is 39.7 Å². The van der Waals surface area contributed by atoms with Crippen LogP contribution < -0.4 is 15.0 Å². The highest BCUT2D eigenvalue weighted by Crippen LogP contribution is 2.50. The maximum absolute atomic E-state index is 12.6. The van der Waals surface area contributed by atoms with Crippen LogP contribution in [0.15, 0.2) is 12.1 Å². The zero-order valence-corrected chi connectivity index (χ0v) is 21.6. The third-order valence-corrected chi connectivity index (χ3v) is 6.63. The van der Waals surface area contributed by atoms with Gasteiger partial charge in [0.15, 0.2) is 0 Å². The largest absolute Gasteiger partial charge is 0.483 e. The molecule has 0 fully saturated rings. The van der Waals surface area contributed by atoms with Crippen LogP contribution in [0.1, 0.15) is 86.8 Å². The number of aliphatic hydroxyl groups excluding tert-OH is 1. The van der Waals surface area contributed by atoms with E-state index in [0.29, 0.717) is 17.9 Å². The molecule has 0 bridgehead atoms. The minimum Gasteiger partial charge on any atom is -0.483 e. The molecule has 2 N–H and O–H groups in total. The first-order valence-corrected chi connectivity index (χ1v) is 11.9. The Morgan fingerprint density at radius 1 is 1.27 bits per heavy atom. The molecule has 2 unspecified atom stereocenters. The fraction of sp³-hybridized carbons (Fsp3) is 0.720. The van der Waals surface area contributed by atoms with Gasteiger partial charge in [0.1, 0.15) is 23.1 Å². The molecule has 0 saturated carbocycles. The van der Waals surface area contributed by atoms with E-state index in [1.54, 1.807) is 6.07 Å². The lowest BCUT2D eigenvalue weighted by Crippen LogP contribution is -2.62. The van der Waals surface area contributed by atoms with Gasteiger partial charge in [-0.05, 0) is 51.6 Å². The normalized spacial score (nSPS) is 19.9. The highest BCUT2D eigenvalue weighted by atomic mass is 16.6. The average molecular weight is 464 g/mol. The Bertz CT molecular complexity index is 868. The SMILES string of the molecule is CCCCNC1c2cc(N(C(C)=O)C(C)(C)C)c([N+](=O)[O-])cc2OC(C(C)C)(C(C)C)C1O. The lowest BCUT2D eigenvalue weighted by Gasteiger charge is -2.51. The standard InChI is InChI=1S/C25H41N3O5/c1-10-11-12-26-22-18-13-19(27(17(6)29)24(7,8)9)20(28(31)32)14-21(18)33-25(15(2)3,16(4)5)23(22)30/h13-16,22-23,26,30H,10-12H2,1-9H3. The van der Waals surface area contributed by atoms with Crippen LogP contribution in [0.25, 0.3) is 0 Å². The third kappa shape index (κ3) is 5.01. The molecular formula is C25H41N3O5. The minimum atomic E-state index is -0.920. The van der Waals surface area contributed by atoms with Crippen molar-refractivity contribution in [2.75, 3.05) is 11.4 Å². The average Bonchev–Trinajstić information content (AvgIpc) is 2.67. The number of amides is 1. The lowest BCUT2D eigenvalue weighted by molar-refractivity contribution is -0.384. The molecule has 186 valence electrons. The predicted molar refractivity (Wildman–Crippen MR) is 131 cm³/mol. The number of rotatable bonds is 8. The van der Waals surface area contributed by atoms with Crippen LogP contribution in [0, 0.1) is 22.0 Å². The van der Waals surface area contributed by atoms with Crippen molar-refractivity contribution < 1.29 is 19.6 Å². The van der Waals surface area contributed by atoms with Crippen molar-refractivity contribution in [1.29, 1.82) is 0 Å². The van der Waals surface area contributed by atoms with Gasteiger partial charge in [-0.3, -0.25) is 14.9 Å². The van der Waals surface area contributed by atoms with Gasteiger partial charge < -0.3 is 20.1 Å². The van der Waals surface area contributed by atoms with Gasteiger partial charge in [0, 0.05) is 18.0 Å². The van der Waals surface area contributed by atoms with Crippen molar-refractivity contribution in [2.45, 2.75) is 98.4 Å². The van der Waals surface area contributed by atoms with E-state index in [-0.39, 0.29) is 29.1 Å². The maximum Gasteiger partial charge on any atom is 0.296 e. The van der Waals surface area contributed by atoms with Gasteiger partial charge in [0.2, 0.25) is 5.91 Å². The second-order valence-electron chi connectivity index (χ2n) is 10.7. The quantitative estimate of drug-likeness (QED) is 0.320. The molecule has 0 aliphatic carbocycles. The number of ether oxygens (including phenoxy) is 1. The van der Waals surface area contributed by atoms with Gasteiger partial charge in [0.25, 0.3) is 5.69 Å². The number of anilines is 1. The molecule has 0 aromatic heterocycles. The summed E-state index contributed by atoms with van der Waals surface area (Å²) in [5, 5.41) is 27.2. The number of hydrogen-bond donors (Lipinski definition) is 2. The zero-order valence-electron chi connectivity index (χ0n) is 21.6. The topological polar surface area (TPSA) is 105 Å². The molecule has 0 spiro atoms. The van der Waals surface area contributed by atoms with E-state index in [4.69, 9.17) is 4.74 Å². The molecule has 8 heteroatoms. The molecule has 1 aromatic rings. The first-order valence-electron chi connectivity index (χ1n) is 11.9. The number of carbonyl (C=O) groups is 1. The highest BCUT2D eigenvalue weighted by Gasteiger charge is 2.54. The Morgan fingerprint density at radius 3 is 2.27 bits per heavy atom. The number of nitrogens with one attached hydrogen (secondary N) is 1. The van der Waals surface area contributed by atoms with Crippen molar-refractivity contribution in [3.8, 4) is 5.75 Å². The highest BCUT2D eigenvalue weighted by molar-refractivity contribution is 5.95. The number of hydrogen-bond acceptors (Lipinski definition) is 6. The lowest BCUT2D eigenvalue weighted by atomic mass is 9.70. The fourth-order valence-electron chi connectivity index (χ4n) is 5.16. The van der Waals surface area contributed by atoms with E-state index in [9.17, 15) is 20.0 Å². The Hall–Kier alpha value is -2.19. The third-order valence-electron chi connectivity index (χ3n) is 6.63. The van der Waals surface area contributed by atoms with Crippen molar-refractivity contribution in [3.63, 3.8) is 0 Å². The zero-order chi connectivity index (χ0) is 25.3. The van der Waals surface area contributed by atoms with E-state index < -0.39 is 28.2 Å². The molecule has 1 aromatic carbocycles. The van der Waals surface area contributed by atoms with Crippen LogP contribution in [0.4, 0.5) is 11.4 Å². The van der Waals surface area contributed by atoms with Crippen LogP contribution in [0.3, 0.4) is 0 Å². The first kappa shape index (κ1) is 27.1. The van der Waals surface area contributed by atoms with Crippen LogP contribution in [0.5, 0.6) is 5.75 Å². The van der Waals surface area contributed by atoms with Crippen molar-refractivity contribution in [2.24, 2.45) is 11.8 Å². The molecule has 1 aliphatic rings. The molecule has 2 rings (SSSR count). The summed E-state index contributed by atoms with van der Waals surface area (Å²) in [6, 6.07) is 2.59. The molecule has 1 amide bonds. The molecule has 1 heterocycles. The van der Waals surface area contributed by atoms with Crippen molar-refractivity contribution in [1.82, 2.24) is 5.32 Å². The summed E-state index contributed by atoms with van der Waals surface area (Å²) in [5.41, 5.74) is -0.950. The number of nitrogens with zero attached hydrogens (tertiary/aromatic N) is 2. The monoisotopic (exact) mass is 463 g/mol. The van der Waals surface area contributed by atoms with E-state index in [2.05, 4.69) is 12.2 Å². The van der Waals surface area contributed by atoms with Gasteiger partial charge in [-0.15, -0.1) is 0 Å². The Labute approximate surface area is 197 Å². The van der Waals surface area contributed by atoms with Gasteiger partial charge in [-0.1, -0.05) is 41.0 Å². The second-order valence-corrected chi connectivity index (χ2v) is 10.7. The van der Waals surface area contributed by atoms with E-state index in [1.165, 1.54) is 17.9 Å². The summed E-state index contributed by atoms with van der Waals surface area (Å²) in [6.07, 6.45) is 1.04. The van der Waals surface area contributed by atoms with E-state index in [1.807, 2.05) is 48.5 Å². The van der Waals surface area contributed by atoms with E-state index >= 15 is 0 Å². The van der Waals surface area contributed by atoms with Gasteiger partial charge in [-0.25, -0.2) is 0 Å². The number of fused-ring (bicyclic) bond motifs is 1. The molecule has 8 nitrogen and oxygen atoms in total.